The molecule has 1 saturated heterocycles. The lowest BCUT2D eigenvalue weighted by molar-refractivity contribution is -0.130. The fourth-order valence-corrected chi connectivity index (χ4v) is 6.30. The predicted molar refractivity (Wildman–Crippen MR) is 151 cm³/mol. The van der Waals surface area contributed by atoms with Gasteiger partial charge in [-0.25, -0.2) is 0 Å². The predicted octanol–water partition coefficient (Wildman–Crippen LogP) is 7.89. The molecule has 12 heteroatoms. The molecular formula is C25H14Br2Cl4N2O4. The van der Waals surface area contributed by atoms with Gasteiger partial charge in [0.15, 0.2) is 0 Å². The molecule has 6 nitrogen and oxygen atoms in total. The molecular weight excluding hydrogens is 694 g/mol. The van der Waals surface area contributed by atoms with E-state index < -0.39 is 29.8 Å². The van der Waals surface area contributed by atoms with Gasteiger partial charge >= 0.3 is 0 Å². The minimum atomic E-state index is -1.20. The van der Waals surface area contributed by atoms with Crippen LogP contribution in [0.2, 0.25) is 20.1 Å². The third kappa shape index (κ3) is 3.99. The Bertz CT molecular complexity index is 1500. The summed E-state index contributed by atoms with van der Waals surface area (Å²) < 4.78 is 7.18. The molecule has 0 saturated carbocycles. The van der Waals surface area contributed by atoms with Crippen molar-refractivity contribution in [2.24, 2.45) is 0 Å². The van der Waals surface area contributed by atoms with E-state index in [9.17, 15) is 14.4 Å². The first-order valence-electron chi connectivity index (χ1n) is 10.7. The molecule has 190 valence electrons. The van der Waals surface area contributed by atoms with Gasteiger partial charge in [0, 0.05) is 20.2 Å². The van der Waals surface area contributed by atoms with Crippen molar-refractivity contribution in [1.29, 1.82) is 0 Å². The van der Waals surface area contributed by atoms with Crippen LogP contribution in [0, 0.1) is 6.92 Å². The number of amides is 3. The lowest BCUT2D eigenvalue weighted by atomic mass is 9.85. The highest BCUT2D eigenvalue weighted by molar-refractivity contribution is 9.10. The highest BCUT2D eigenvalue weighted by Crippen LogP contribution is 2.50. The Kier molecular flexibility index (Phi) is 7.05. The average Bonchev–Trinajstić information content (AvgIpc) is 3.12. The van der Waals surface area contributed by atoms with E-state index in [2.05, 4.69) is 31.9 Å². The number of ether oxygens (including phenoxy) is 1. The molecule has 3 amide bonds. The zero-order chi connectivity index (χ0) is 26.9. The van der Waals surface area contributed by atoms with Crippen LogP contribution in [-0.2, 0) is 4.79 Å². The number of hydrogen-bond acceptors (Lipinski definition) is 4. The fraction of sp³-hybridized carbons (Fsp3) is 0.160. The van der Waals surface area contributed by atoms with Crippen LogP contribution in [0.25, 0.3) is 0 Å². The van der Waals surface area contributed by atoms with Crippen molar-refractivity contribution in [3.8, 4) is 5.75 Å². The molecule has 0 N–H and O–H groups in total. The molecule has 1 fully saturated rings. The van der Waals surface area contributed by atoms with E-state index in [-0.39, 0.29) is 31.2 Å². The summed E-state index contributed by atoms with van der Waals surface area (Å²) in [6, 6.07) is 8.77. The van der Waals surface area contributed by atoms with Crippen molar-refractivity contribution >= 4 is 102 Å². The molecule has 0 radical (unpaired) electrons. The van der Waals surface area contributed by atoms with Gasteiger partial charge < -0.3 is 9.64 Å². The molecule has 2 atom stereocenters. The molecule has 0 bridgehead atoms. The smallest absolute Gasteiger partial charge is 0.264 e. The number of imide groups is 1. The number of hydrogen-bond donors (Lipinski definition) is 0. The monoisotopic (exact) mass is 704 g/mol. The summed E-state index contributed by atoms with van der Waals surface area (Å²) in [5.74, 6) is -1.56. The Hall–Kier alpha value is -1.81. The second-order valence-electron chi connectivity index (χ2n) is 8.40. The number of aryl methyl sites for hydroxylation is 1. The van der Waals surface area contributed by atoms with Crippen LogP contribution in [0.15, 0.2) is 45.3 Å². The number of methoxy groups -OCH3 is 1. The van der Waals surface area contributed by atoms with E-state index >= 15 is 0 Å². The average molecular weight is 708 g/mol. The van der Waals surface area contributed by atoms with Crippen molar-refractivity contribution < 1.29 is 19.1 Å². The van der Waals surface area contributed by atoms with Gasteiger partial charge in [-0.1, -0.05) is 78.3 Å². The number of fused-ring (bicyclic) bond motifs is 1. The van der Waals surface area contributed by atoms with Crippen molar-refractivity contribution in [3.63, 3.8) is 0 Å². The van der Waals surface area contributed by atoms with Crippen molar-refractivity contribution in [2.75, 3.05) is 12.0 Å². The zero-order valence-electron chi connectivity index (χ0n) is 18.9. The first-order chi connectivity index (χ1) is 17.5. The maximum Gasteiger partial charge on any atom is 0.264 e. The summed E-state index contributed by atoms with van der Waals surface area (Å²) in [6.07, 6.45) is 0. The van der Waals surface area contributed by atoms with Crippen LogP contribution < -0.4 is 9.64 Å². The first kappa shape index (κ1) is 26.8. The maximum absolute atomic E-state index is 13.8. The maximum atomic E-state index is 13.8. The molecule has 37 heavy (non-hydrogen) atoms. The lowest BCUT2D eigenvalue weighted by Crippen LogP contribution is -2.67. The topological polar surface area (TPSA) is 66.9 Å². The van der Waals surface area contributed by atoms with E-state index in [0.717, 1.165) is 19.4 Å². The van der Waals surface area contributed by atoms with E-state index in [1.807, 2.05) is 19.1 Å². The number of rotatable bonds is 4. The normalized spacial score (nSPS) is 18.9. The standard InChI is InChI=1S/C25H14Br2Cl4N2O4/c1-9-7-11(4-5-13(9)27)32-21(12-8-10(26)3-6-14(12)37-2)22(25(32)36)33-23(34)15-16(24(33)35)18(29)20(31)19(30)17(15)28/h3-8,21-22H,1-2H3. The first-order valence-corrected chi connectivity index (χ1v) is 13.8. The summed E-state index contributed by atoms with van der Waals surface area (Å²) in [7, 11) is 1.50. The van der Waals surface area contributed by atoms with Gasteiger partial charge in [0.1, 0.15) is 11.8 Å². The summed E-state index contributed by atoms with van der Waals surface area (Å²) in [5.41, 5.74) is 1.71. The Balaban J connectivity index is 1.68. The SMILES string of the molecule is COc1ccc(Br)cc1C1C(N2C(=O)c3c(Cl)c(Cl)c(Cl)c(Cl)c3C2=O)C(=O)N1c1ccc(Br)c(C)c1. The van der Waals surface area contributed by atoms with Crippen LogP contribution in [0.5, 0.6) is 5.75 Å². The molecule has 2 unspecified atom stereocenters. The van der Waals surface area contributed by atoms with Crippen LogP contribution >= 0.6 is 78.3 Å². The summed E-state index contributed by atoms with van der Waals surface area (Å²) >= 11 is 31.9. The van der Waals surface area contributed by atoms with E-state index in [4.69, 9.17) is 51.1 Å². The minimum Gasteiger partial charge on any atom is -0.496 e. The Morgan fingerprint density at radius 2 is 1.38 bits per heavy atom. The Morgan fingerprint density at radius 1 is 0.784 bits per heavy atom. The molecule has 2 heterocycles. The van der Waals surface area contributed by atoms with Gasteiger partial charge in [-0.3, -0.25) is 19.3 Å². The number of carbonyl (C=O) groups is 3. The van der Waals surface area contributed by atoms with Gasteiger partial charge in [-0.2, -0.15) is 0 Å². The third-order valence-electron chi connectivity index (χ3n) is 6.41. The van der Waals surface area contributed by atoms with Gasteiger partial charge in [-0.05, 0) is 48.9 Å². The largest absolute Gasteiger partial charge is 0.496 e. The molecule has 3 aromatic carbocycles. The van der Waals surface area contributed by atoms with Crippen LogP contribution in [0.4, 0.5) is 5.69 Å². The second-order valence-corrected chi connectivity index (χ2v) is 11.7. The van der Waals surface area contributed by atoms with Gasteiger partial charge in [-0.15, -0.1) is 0 Å². The van der Waals surface area contributed by atoms with Crippen molar-refractivity contribution in [1.82, 2.24) is 4.90 Å². The van der Waals surface area contributed by atoms with Gasteiger partial charge in [0.05, 0.1) is 44.4 Å². The number of carbonyl (C=O) groups excluding carboxylic acids is 3. The van der Waals surface area contributed by atoms with Crippen LogP contribution in [0.1, 0.15) is 37.9 Å². The van der Waals surface area contributed by atoms with Gasteiger partial charge in [0.2, 0.25) is 0 Å². The third-order valence-corrected chi connectivity index (χ3v) is 9.59. The van der Waals surface area contributed by atoms with Crippen molar-refractivity contribution in [2.45, 2.75) is 19.0 Å². The summed E-state index contributed by atoms with van der Waals surface area (Å²) in [4.78, 5) is 43.4. The van der Waals surface area contributed by atoms with Crippen LogP contribution in [-0.4, -0.2) is 35.8 Å². The number of anilines is 1. The fourth-order valence-electron chi connectivity index (χ4n) is 4.66. The highest BCUT2D eigenvalue weighted by Gasteiger charge is 2.59. The number of halogens is 6. The summed E-state index contributed by atoms with van der Waals surface area (Å²) in [5, 5.41) is -0.689. The Labute approximate surface area is 248 Å². The van der Waals surface area contributed by atoms with E-state index in [1.54, 1.807) is 24.3 Å². The molecule has 5 rings (SSSR count). The minimum absolute atomic E-state index is 0.146. The number of nitrogens with zero attached hydrogens (tertiary/aromatic N) is 2. The summed E-state index contributed by atoms with van der Waals surface area (Å²) in [6.45, 7) is 1.89. The zero-order valence-corrected chi connectivity index (χ0v) is 25.1. The molecule has 0 aliphatic carbocycles. The lowest BCUT2D eigenvalue weighted by Gasteiger charge is -2.50. The van der Waals surface area contributed by atoms with E-state index in [1.165, 1.54) is 12.0 Å². The second kappa shape index (κ2) is 9.74. The van der Waals surface area contributed by atoms with Crippen LogP contribution in [0.3, 0.4) is 0 Å². The molecule has 2 aliphatic rings. The highest BCUT2D eigenvalue weighted by atomic mass is 79.9. The molecule has 0 aromatic heterocycles. The van der Waals surface area contributed by atoms with Crippen molar-refractivity contribution in [3.05, 3.63) is 87.7 Å². The van der Waals surface area contributed by atoms with E-state index in [0.29, 0.717) is 17.0 Å². The molecule has 3 aromatic rings. The van der Waals surface area contributed by atoms with Gasteiger partial charge in [0.25, 0.3) is 17.7 Å². The number of benzene rings is 3. The quantitative estimate of drug-likeness (QED) is 0.120. The number of β-lactam (4-membered cyclic amide) rings is 1. The Morgan fingerprint density at radius 3 is 1.92 bits per heavy atom. The molecule has 0 spiro atoms. The molecule has 2 aliphatic heterocycles.